The fourth-order valence-electron chi connectivity index (χ4n) is 4.13. The Morgan fingerprint density at radius 3 is 2.39 bits per heavy atom. The third kappa shape index (κ3) is 4.47. The minimum Gasteiger partial charge on any atom is -0.447 e. The topological polar surface area (TPSA) is 68.3 Å². The lowest BCUT2D eigenvalue weighted by Crippen LogP contribution is -2.51. The molecule has 0 saturated carbocycles. The molecule has 3 rings (SSSR count). The molecule has 28 heavy (non-hydrogen) atoms. The van der Waals surface area contributed by atoms with Gasteiger partial charge in [0.1, 0.15) is 6.61 Å². The lowest BCUT2D eigenvalue weighted by Gasteiger charge is -2.41. The van der Waals surface area contributed by atoms with Crippen LogP contribution < -0.4 is 0 Å². The summed E-state index contributed by atoms with van der Waals surface area (Å²) in [5.74, 6) is 0.174. The van der Waals surface area contributed by atoms with Gasteiger partial charge in [-0.15, -0.1) is 0 Å². The van der Waals surface area contributed by atoms with Crippen LogP contribution in [-0.2, 0) is 32.0 Å². The minimum atomic E-state index is -0.469. The molecule has 1 aromatic rings. The van der Waals surface area contributed by atoms with E-state index in [0.717, 1.165) is 6.42 Å². The molecule has 0 aliphatic carbocycles. The van der Waals surface area contributed by atoms with Gasteiger partial charge in [-0.25, -0.2) is 4.79 Å². The van der Waals surface area contributed by atoms with Crippen molar-refractivity contribution in [3.63, 3.8) is 0 Å². The maximum atomic E-state index is 13.5. The highest BCUT2D eigenvalue weighted by molar-refractivity contribution is 5.84. The number of carbonyl (C=O) groups is 2. The highest BCUT2D eigenvalue weighted by Gasteiger charge is 2.46. The Kier molecular flexibility index (Phi) is 6.91. The number of nitrogens with zero attached hydrogens (tertiary/aromatic N) is 2. The average molecular weight is 390 g/mol. The van der Waals surface area contributed by atoms with Crippen LogP contribution in [-0.4, -0.2) is 75.5 Å². The van der Waals surface area contributed by atoms with Gasteiger partial charge in [0.25, 0.3) is 0 Å². The van der Waals surface area contributed by atoms with Crippen molar-refractivity contribution < 1.29 is 23.8 Å². The molecule has 0 unspecified atom stereocenters. The van der Waals surface area contributed by atoms with Crippen LogP contribution in [0.2, 0.25) is 0 Å². The molecule has 1 saturated heterocycles. The van der Waals surface area contributed by atoms with Gasteiger partial charge in [-0.3, -0.25) is 4.79 Å². The molecule has 0 atom stereocenters. The lowest BCUT2D eigenvalue weighted by atomic mass is 9.73. The molecule has 2 heterocycles. The molecule has 0 radical (unpaired) electrons. The maximum Gasteiger partial charge on any atom is 0.409 e. The van der Waals surface area contributed by atoms with Crippen molar-refractivity contribution in [1.29, 1.82) is 0 Å². The largest absolute Gasteiger partial charge is 0.447 e. The molecule has 1 fully saturated rings. The van der Waals surface area contributed by atoms with Gasteiger partial charge in [0, 0.05) is 40.4 Å². The number of likely N-dealkylation sites (tertiary alicyclic amines) is 1. The molecule has 2 amide bonds. The Labute approximate surface area is 166 Å². The zero-order valence-electron chi connectivity index (χ0n) is 16.8. The standard InChI is InChI=1S/C21H30N2O5/c1-26-12-11-23-16-18-6-4-3-5-17(18)15-21(19(23)24)7-9-22(10-8-21)20(25)28-14-13-27-2/h3-6H,7-16H2,1-2H3. The number of hydrogen-bond acceptors (Lipinski definition) is 5. The first-order chi connectivity index (χ1) is 13.6. The van der Waals surface area contributed by atoms with Crippen molar-refractivity contribution in [3.8, 4) is 0 Å². The molecule has 2 aliphatic rings. The van der Waals surface area contributed by atoms with E-state index in [0.29, 0.717) is 52.2 Å². The van der Waals surface area contributed by atoms with E-state index in [9.17, 15) is 9.59 Å². The van der Waals surface area contributed by atoms with Gasteiger partial charge in [0.15, 0.2) is 0 Å². The Hall–Kier alpha value is -2.12. The lowest BCUT2D eigenvalue weighted by molar-refractivity contribution is -0.145. The van der Waals surface area contributed by atoms with Crippen molar-refractivity contribution >= 4 is 12.0 Å². The van der Waals surface area contributed by atoms with Gasteiger partial charge in [-0.2, -0.15) is 0 Å². The fourth-order valence-corrected chi connectivity index (χ4v) is 4.13. The molecule has 0 aromatic heterocycles. The highest BCUT2D eigenvalue weighted by Crippen LogP contribution is 2.40. The van der Waals surface area contributed by atoms with Crippen LogP contribution in [0.15, 0.2) is 24.3 Å². The third-order valence-electron chi connectivity index (χ3n) is 5.81. The summed E-state index contributed by atoms with van der Waals surface area (Å²) in [7, 11) is 3.23. The van der Waals surface area contributed by atoms with Gasteiger partial charge in [0.2, 0.25) is 5.91 Å². The monoisotopic (exact) mass is 390 g/mol. The second kappa shape index (κ2) is 9.39. The van der Waals surface area contributed by atoms with Crippen LogP contribution in [0.4, 0.5) is 4.79 Å². The first kappa shape index (κ1) is 20.6. The average Bonchev–Trinajstić information content (AvgIpc) is 2.82. The summed E-state index contributed by atoms with van der Waals surface area (Å²) in [4.78, 5) is 29.4. The van der Waals surface area contributed by atoms with E-state index in [4.69, 9.17) is 14.2 Å². The summed E-state index contributed by atoms with van der Waals surface area (Å²) in [5.41, 5.74) is 1.96. The SMILES string of the molecule is COCCOC(=O)N1CCC2(CC1)Cc1ccccc1CN(CCOC)C2=O. The quantitative estimate of drug-likeness (QED) is 0.696. The van der Waals surface area contributed by atoms with Crippen LogP contribution in [0, 0.1) is 5.41 Å². The summed E-state index contributed by atoms with van der Waals surface area (Å²) in [6.45, 7) is 3.38. The van der Waals surface area contributed by atoms with Crippen LogP contribution >= 0.6 is 0 Å². The first-order valence-electron chi connectivity index (χ1n) is 9.85. The molecule has 0 N–H and O–H groups in total. The van der Waals surface area contributed by atoms with Crippen molar-refractivity contribution in [2.75, 3.05) is 53.7 Å². The number of carbonyl (C=O) groups excluding carboxylic acids is 2. The zero-order valence-corrected chi connectivity index (χ0v) is 16.8. The molecular formula is C21H30N2O5. The van der Waals surface area contributed by atoms with Crippen LogP contribution in [0.5, 0.6) is 0 Å². The summed E-state index contributed by atoms with van der Waals surface area (Å²) in [5, 5.41) is 0. The molecule has 0 bridgehead atoms. The number of benzene rings is 1. The number of piperidine rings is 1. The summed E-state index contributed by atoms with van der Waals surface area (Å²) in [6.07, 6.45) is 1.68. The zero-order chi connectivity index (χ0) is 20.0. The van der Waals surface area contributed by atoms with Crippen LogP contribution in [0.3, 0.4) is 0 Å². The number of amides is 2. The second-order valence-electron chi connectivity index (χ2n) is 7.54. The van der Waals surface area contributed by atoms with E-state index in [1.807, 2.05) is 17.0 Å². The molecule has 154 valence electrons. The Balaban J connectivity index is 1.74. The van der Waals surface area contributed by atoms with Crippen molar-refractivity contribution in [1.82, 2.24) is 9.80 Å². The summed E-state index contributed by atoms with van der Waals surface area (Å²) < 4.78 is 15.4. The molecule has 1 spiro atoms. The smallest absolute Gasteiger partial charge is 0.409 e. The molecular weight excluding hydrogens is 360 g/mol. The molecule has 7 heteroatoms. The number of hydrogen-bond donors (Lipinski definition) is 0. The second-order valence-corrected chi connectivity index (χ2v) is 7.54. The van der Waals surface area contributed by atoms with Crippen molar-refractivity contribution in [2.45, 2.75) is 25.8 Å². The van der Waals surface area contributed by atoms with Crippen molar-refractivity contribution in [2.24, 2.45) is 5.41 Å². The van der Waals surface area contributed by atoms with Crippen LogP contribution in [0.25, 0.3) is 0 Å². The van der Waals surface area contributed by atoms with E-state index < -0.39 is 5.41 Å². The number of methoxy groups -OCH3 is 2. The van der Waals surface area contributed by atoms with Gasteiger partial charge < -0.3 is 24.0 Å². The summed E-state index contributed by atoms with van der Waals surface area (Å²) in [6, 6.07) is 8.28. The third-order valence-corrected chi connectivity index (χ3v) is 5.81. The highest BCUT2D eigenvalue weighted by atomic mass is 16.6. The molecule has 1 aromatic carbocycles. The number of fused-ring (bicyclic) bond motifs is 1. The van der Waals surface area contributed by atoms with E-state index in [1.54, 1.807) is 19.1 Å². The predicted octanol–water partition coefficient (Wildman–Crippen LogP) is 2.08. The normalized spacial score (nSPS) is 18.7. The van der Waals surface area contributed by atoms with Gasteiger partial charge in [-0.05, 0) is 30.4 Å². The van der Waals surface area contributed by atoms with E-state index in [-0.39, 0.29) is 18.6 Å². The number of ether oxygens (including phenoxy) is 3. The number of rotatable bonds is 6. The Morgan fingerprint density at radius 1 is 1.04 bits per heavy atom. The van der Waals surface area contributed by atoms with Gasteiger partial charge >= 0.3 is 6.09 Å². The van der Waals surface area contributed by atoms with E-state index >= 15 is 0 Å². The minimum absolute atomic E-state index is 0.174. The maximum absolute atomic E-state index is 13.5. The Bertz CT molecular complexity index is 685. The molecule has 2 aliphatic heterocycles. The van der Waals surface area contributed by atoms with Gasteiger partial charge in [0.05, 0.1) is 18.6 Å². The molecule has 7 nitrogen and oxygen atoms in total. The van der Waals surface area contributed by atoms with Crippen molar-refractivity contribution in [3.05, 3.63) is 35.4 Å². The van der Waals surface area contributed by atoms with E-state index in [1.165, 1.54) is 11.1 Å². The van der Waals surface area contributed by atoms with E-state index in [2.05, 4.69) is 12.1 Å². The fraction of sp³-hybridized carbons (Fsp3) is 0.619. The Morgan fingerprint density at radius 2 is 1.71 bits per heavy atom. The summed E-state index contributed by atoms with van der Waals surface area (Å²) >= 11 is 0. The predicted molar refractivity (Wildman–Crippen MR) is 104 cm³/mol. The first-order valence-corrected chi connectivity index (χ1v) is 9.85. The van der Waals surface area contributed by atoms with Crippen LogP contribution in [0.1, 0.15) is 24.0 Å². The van der Waals surface area contributed by atoms with Gasteiger partial charge in [-0.1, -0.05) is 24.3 Å².